The average molecular weight is 259 g/mol. The molecule has 0 atom stereocenters. The van der Waals surface area contributed by atoms with Gasteiger partial charge in [-0.15, -0.1) is 0 Å². The van der Waals surface area contributed by atoms with Crippen LogP contribution in [0.2, 0.25) is 0 Å². The van der Waals surface area contributed by atoms with E-state index in [1.54, 1.807) is 0 Å². The van der Waals surface area contributed by atoms with Crippen molar-refractivity contribution in [3.8, 4) is 0 Å². The zero-order valence-corrected chi connectivity index (χ0v) is 10.3. The van der Waals surface area contributed by atoms with E-state index in [2.05, 4.69) is 5.32 Å². The maximum absolute atomic E-state index is 11.7. The molecular weight excluding hydrogens is 246 g/mol. The number of rotatable bonds is 4. The molecule has 1 heterocycles. The molecule has 0 bridgehead atoms. The molecule has 2 aromatic rings. The van der Waals surface area contributed by atoms with Crippen molar-refractivity contribution in [2.24, 2.45) is 0 Å². The van der Waals surface area contributed by atoms with Gasteiger partial charge in [-0.2, -0.15) is 0 Å². The molecular formula is C14H13NO4. The van der Waals surface area contributed by atoms with Crippen molar-refractivity contribution in [3.05, 3.63) is 59.0 Å². The highest BCUT2D eigenvalue weighted by molar-refractivity contribution is 5.93. The highest BCUT2D eigenvalue weighted by Gasteiger charge is 2.14. The van der Waals surface area contributed by atoms with Gasteiger partial charge in [0.1, 0.15) is 0 Å². The van der Waals surface area contributed by atoms with Crippen molar-refractivity contribution in [2.75, 3.05) is 0 Å². The van der Waals surface area contributed by atoms with E-state index in [1.807, 2.05) is 31.2 Å². The molecule has 1 amide bonds. The summed E-state index contributed by atoms with van der Waals surface area (Å²) in [5.74, 6) is -1.89. The lowest BCUT2D eigenvalue weighted by molar-refractivity contribution is 0.0659. The van der Waals surface area contributed by atoms with Gasteiger partial charge in [-0.25, -0.2) is 4.79 Å². The summed E-state index contributed by atoms with van der Waals surface area (Å²) in [6, 6.07) is 10.3. The quantitative estimate of drug-likeness (QED) is 0.882. The molecule has 1 aromatic heterocycles. The van der Waals surface area contributed by atoms with E-state index in [9.17, 15) is 9.59 Å². The zero-order chi connectivity index (χ0) is 13.8. The van der Waals surface area contributed by atoms with E-state index < -0.39 is 11.9 Å². The predicted octanol–water partition coefficient (Wildman–Crippen LogP) is 2.22. The lowest BCUT2D eigenvalue weighted by atomic mass is 10.1. The van der Waals surface area contributed by atoms with Crippen molar-refractivity contribution in [1.82, 2.24) is 5.32 Å². The van der Waals surface area contributed by atoms with E-state index in [-0.39, 0.29) is 11.5 Å². The molecule has 2 N–H and O–H groups in total. The maximum atomic E-state index is 11.7. The van der Waals surface area contributed by atoms with Crippen molar-refractivity contribution in [2.45, 2.75) is 13.5 Å². The molecule has 0 saturated carbocycles. The Morgan fingerprint density at radius 1 is 1.11 bits per heavy atom. The summed E-state index contributed by atoms with van der Waals surface area (Å²) < 4.78 is 4.90. The van der Waals surface area contributed by atoms with Crippen molar-refractivity contribution >= 4 is 11.9 Å². The highest BCUT2D eigenvalue weighted by Crippen LogP contribution is 2.08. The fraction of sp³-hybridized carbons (Fsp3) is 0.143. The molecule has 0 saturated heterocycles. The molecule has 0 aliphatic carbocycles. The molecule has 2 rings (SSSR count). The van der Waals surface area contributed by atoms with Gasteiger partial charge in [0.05, 0.1) is 0 Å². The Balaban J connectivity index is 1.97. The third kappa shape index (κ3) is 3.22. The summed E-state index contributed by atoms with van der Waals surface area (Å²) in [7, 11) is 0. The van der Waals surface area contributed by atoms with Gasteiger partial charge < -0.3 is 14.8 Å². The number of carbonyl (C=O) groups excluding carboxylic acids is 1. The topological polar surface area (TPSA) is 79.5 Å². The Morgan fingerprint density at radius 2 is 1.74 bits per heavy atom. The second kappa shape index (κ2) is 5.39. The number of nitrogens with one attached hydrogen (secondary N) is 1. The van der Waals surface area contributed by atoms with Crippen LogP contribution in [0, 0.1) is 6.92 Å². The number of benzene rings is 1. The minimum Gasteiger partial charge on any atom is -0.475 e. The van der Waals surface area contributed by atoms with Gasteiger partial charge >= 0.3 is 5.97 Å². The van der Waals surface area contributed by atoms with Crippen molar-refractivity contribution in [1.29, 1.82) is 0 Å². The van der Waals surface area contributed by atoms with Gasteiger partial charge in [-0.3, -0.25) is 4.79 Å². The Kier molecular flexibility index (Phi) is 3.66. The molecule has 5 heteroatoms. The molecule has 0 spiro atoms. The van der Waals surface area contributed by atoms with E-state index >= 15 is 0 Å². The van der Waals surface area contributed by atoms with Crippen LogP contribution in [0.25, 0.3) is 0 Å². The van der Waals surface area contributed by atoms with Gasteiger partial charge in [0, 0.05) is 6.54 Å². The maximum Gasteiger partial charge on any atom is 0.371 e. The number of carboxylic acid groups (broad SMARTS) is 1. The van der Waals surface area contributed by atoms with Gasteiger partial charge in [0.15, 0.2) is 5.76 Å². The molecule has 0 radical (unpaired) electrons. The van der Waals surface area contributed by atoms with Crippen LogP contribution < -0.4 is 5.32 Å². The number of hydrogen-bond acceptors (Lipinski definition) is 3. The second-order valence-electron chi connectivity index (χ2n) is 4.14. The summed E-state index contributed by atoms with van der Waals surface area (Å²) in [6.07, 6.45) is 0. The van der Waals surface area contributed by atoms with E-state index in [4.69, 9.17) is 9.52 Å². The molecule has 0 aliphatic rings. The number of carbonyl (C=O) groups is 2. The molecule has 5 nitrogen and oxygen atoms in total. The van der Waals surface area contributed by atoms with Crippen LogP contribution in [0.15, 0.2) is 40.8 Å². The molecule has 98 valence electrons. The fourth-order valence-corrected chi connectivity index (χ4v) is 1.55. The van der Waals surface area contributed by atoms with Gasteiger partial charge in [-0.1, -0.05) is 29.8 Å². The summed E-state index contributed by atoms with van der Waals surface area (Å²) in [4.78, 5) is 22.3. The normalized spacial score (nSPS) is 10.2. The minimum atomic E-state index is -1.20. The number of amides is 1. The zero-order valence-electron chi connectivity index (χ0n) is 10.3. The smallest absolute Gasteiger partial charge is 0.371 e. The summed E-state index contributed by atoms with van der Waals surface area (Å²) in [6.45, 7) is 2.35. The third-order valence-electron chi connectivity index (χ3n) is 2.61. The second-order valence-corrected chi connectivity index (χ2v) is 4.14. The first-order valence-electron chi connectivity index (χ1n) is 5.73. The lowest BCUT2D eigenvalue weighted by Crippen LogP contribution is -2.22. The SMILES string of the molecule is Cc1ccc(CNC(=O)c2ccc(C(=O)O)o2)cc1. The van der Waals surface area contributed by atoms with Crippen molar-refractivity contribution in [3.63, 3.8) is 0 Å². The molecule has 1 aromatic carbocycles. The number of furan rings is 1. The third-order valence-corrected chi connectivity index (χ3v) is 2.61. The Morgan fingerprint density at radius 3 is 2.32 bits per heavy atom. The molecule has 0 fully saturated rings. The minimum absolute atomic E-state index is 0.00971. The van der Waals surface area contributed by atoms with Gasteiger partial charge in [0.25, 0.3) is 5.91 Å². The standard InChI is InChI=1S/C14H13NO4/c1-9-2-4-10(5-3-9)8-15-13(16)11-6-7-12(19-11)14(17)18/h2-7H,8H2,1H3,(H,15,16)(H,17,18). The Bertz CT molecular complexity index is 598. The monoisotopic (exact) mass is 259 g/mol. The fourth-order valence-electron chi connectivity index (χ4n) is 1.55. The molecule has 0 aliphatic heterocycles. The van der Waals surface area contributed by atoms with Gasteiger partial charge in [0.2, 0.25) is 5.76 Å². The summed E-state index contributed by atoms with van der Waals surface area (Å²) >= 11 is 0. The highest BCUT2D eigenvalue weighted by atomic mass is 16.4. The Labute approximate surface area is 109 Å². The van der Waals surface area contributed by atoms with Crippen LogP contribution in [-0.2, 0) is 6.54 Å². The predicted molar refractivity (Wildman–Crippen MR) is 68.0 cm³/mol. The first-order valence-corrected chi connectivity index (χ1v) is 5.73. The molecule has 19 heavy (non-hydrogen) atoms. The number of aryl methyl sites for hydroxylation is 1. The van der Waals surface area contributed by atoms with E-state index in [0.717, 1.165) is 11.1 Å². The van der Waals surface area contributed by atoms with E-state index in [0.29, 0.717) is 6.54 Å². The van der Waals surface area contributed by atoms with E-state index in [1.165, 1.54) is 12.1 Å². The largest absolute Gasteiger partial charge is 0.475 e. The summed E-state index contributed by atoms with van der Waals surface area (Å²) in [5, 5.41) is 11.3. The van der Waals surface area contributed by atoms with Crippen LogP contribution in [0.1, 0.15) is 32.2 Å². The van der Waals surface area contributed by atoms with Crippen LogP contribution in [0.3, 0.4) is 0 Å². The first-order chi connectivity index (χ1) is 9.06. The van der Waals surface area contributed by atoms with Crippen LogP contribution >= 0.6 is 0 Å². The average Bonchev–Trinajstić information content (AvgIpc) is 2.87. The lowest BCUT2D eigenvalue weighted by Gasteiger charge is -2.03. The Hall–Kier alpha value is -2.56. The number of hydrogen-bond donors (Lipinski definition) is 2. The van der Waals surface area contributed by atoms with Crippen molar-refractivity contribution < 1.29 is 19.1 Å². The number of carboxylic acids is 1. The van der Waals surface area contributed by atoms with Crippen LogP contribution in [0.5, 0.6) is 0 Å². The van der Waals surface area contributed by atoms with Crippen LogP contribution in [0.4, 0.5) is 0 Å². The van der Waals surface area contributed by atoms with Gasteiger partial charge in [-0.05, 0) is 24.6 Å². The first kappa shape index (κ1) is 12.9. The summed E-state index contributed by atoms with van der Waals surface area (Å²) in [5.41, 5.74) is 2.11. The van der Waals surface area contributed by atoms with Crippen LogP contribution in [-0.4, -0.2) is 17.0 Å². The number of aromatic carboxylic acids is 1. The molecule has 0 unspecified atom stereocenters.